The molecule has 2 aromatic rings. The summed E-state index contributed by atoms with van der Waals surface area (Å²) in [5.41, 5.74) is 0.727. The summed E-state index contributed by atoms with van der Waals surface area (Å²) < 4.78 is 13.2. The van der Waals surface area contributed by atoms with Gasteiger partial charge in [-0.05, 0) is 36.2 Å². The van der Waals surface area contributed by atoms with Crippen LogP contribution in [0, 0.1) is 5.82 Å². The quantitative estimate of drug-likeness (QED) is 0.454. The molecule has 0 radical (unpaired) electrons. The number of ketones is 1. The molecule has 0 aromatic heterocycles. The van der Waals surface area contributed by atoms with Crippen LogP contribution in [0.25, 0.3) is 5.76 Å². The number of aliphatic carboxylic acids is 1. The fraction of sp³-hybridized carbons (Fsp3) is 0.190. The Labute approximate surface area is 160 Å². The molecule has 1 saturated heterocycles. The molecule has 1 heterocycles. The van der Waals surface area contributed by atoms with Crippen molar-refractivity contribution >= 4 is 23.4 Å². The number of carbonyl (C=O) groups is 3. The van der Waals surface area contributed by atoms with Gasteiger partial charge in [0.25, 0.3) is 11.7 Å². The number of rotatable bonds is 6. The van der Waals surface area contributed by atoms with Crippen molar-refractivity contribution in [2.45, 2.75) is 18.9 Å². The summed E-state index contributed by atoms with van der Waals surface area (Å²) >= 11 is 0. The smallest absolute Gasteiger partial charge is 0.303 e. The van der Waals surface area contributed by atoms with Crippen molar-refractivity contribution in [1.82, 2.24) is 4.90 Å². The molecule has 1 fully saturated rings. The average Bonchev–Trinajstić information content (AvgIpc) is 2.93. The van der Waals surface area contributed by atoms with Crippen LogP contribution in [-0.2, 0) is 14.4 Å². The Morgan fingerprint density at radius 1 is 1.00 bits per heavy atom. The number of aliphatic hydroxyl groups excluding tert-OH is 1. The van der Waals surface area contributed by atoms with Gasteiger partial charge in [-0.1, -0.05) is 30.3 Å². The molecule has 0 saturated carbocycles. The van der Waals surface area contributed by atoms with Gasteiger partial charge in [0.15, 0.2) is 0 Å². The standard InChI is InChI=1S/C21H18FNO5/c22-15-10-8-14(9-11-15)19(26)17-18(13-5-2-1-3-6-13)23(21(28)20(17)27)12-4-7-16(24)25/h1-3,5-6,8-11,18,26H,4,7,12H2,(H,24,25)/b19-17+/t18-/m0/s1. The van der Waals surface area contributed by atoms with Gasteiger partial charge < -0.3 is 15.1 Å². The first-order valence-corrected chi connectivity index (χ1v) is 8.71. The lowest BCUT2D eigenvalue weighted by Crippen LogP contribution is -2.31. The minimum atomic E-state index is -1.00. The third-order valence-electron chi connectivity index (χ3n) is 4.56. The molecule has 1 atom stereocenters. The lowest BCUT2D eigenvalue weighted by molar-refractivity contribution is -0.140. The van der Waals surface area contributed by atoms with Crippen LogP contribution in [0.4, 0.5) is 4.39 Å². The third-order valence-corrected chi connectivity index (χ3v) is 4.56. The molecule has 0 aliphatic carbocycles. The number of hydrogen-bond acceptors (Lipinski definition) is 4. The van der Waals surface area contributed by atoms with Crippen molar-refractivity contribution in [3.8, 4) is 0 Å². The second kappa shape index (κ2) is 8.04. The van der Waals surface area contributed by atoms with E-state index in [2.05, 4.69) is 0 Å². The SMILES string of the molecule is O=C(O)CCCN1C(=O)C(=O)/C(=C(/O)c2ccc(F)cc2)[C@@H]1c1ccccc1. The normalized spacial score (nSPS) is 18.5. The fourth-order valence-corrected chi connectivity index (χ4v) is 3.26. The van der Waals surface area contributed by atoms with Crippen LogP contribution in [0.2, 0.25) is 0 Å². The van der Waals surface area contributed by atoms with Gasteiger partial charge in [0.05, 0.1) is 11.6 Å². The summed E-state index contributed by atoms with van der Waals surface area (Å²) in [6.07, 6.45) is 0.0186. The number of Topliss-reactive ketones (excluding diaryl/α,β-unsaturated/α-hetero) is 1. The van der Waals surface area contributed by atoms with Gasteiger partial charge in [0, 0.05) is 18.5 Å². The maximum absolute atomic E-state index is 13.2. The first kappa shape index (κ1) is 19.3. The van der Waals surface area contributed by atoms with E-state index in [1.165, 1.54) is 17.0 Å². The molecule has 1 amide bonds. The Kier molecular flexibility index (Phi) is 5.54. The van der Waals surface area contributed by atoms with Gasteiger partial charge in [-0.2, -0.15) is 0 Å². The molecule has 2 aromatic carbocycles. The van der Waals surface area contributed by atoms with Crippen molar-refractivity contribution in [3.05, 3.63) is 77.1 Å². The van der Waals surface area contributed by atoms with Crippen LogP contribution in [0.15, 0.2) is 60.2 Å². The van der Waals surface area contributed by atoms with Gasteiger partial charge in [-0.25, -0.2) is 4.39 Å². The molecule has 144 valence electrons. The van der Waals surface area contributed by atoms with Crippen molar-refractivity contribution in [3.63, 3.8) is 0 Å². The fourth-order valence-electron chi connectivity index (χ4n) is 3.26. The Hall–Kier alpha value is -3.48. The Balaban J connectivity index is 2.07. The second-order valence-electron chi connectivity index (χ2n) is 6.41. The predicted octanol–water partition coefficient (Wildman–Crippen LogP) is 3.11. The van der Waals surface area contributed by atoms with E-state index in [-0.39, 0.29) is 30.5 Å². The number of nitrogens with zero attached hydrogens (tertiary/aromatic N) is 1. The Bertz CT molecular complexity index is 937. The molecule has 28 heavy (non-hydrogen) atoms. The number of carboxylic acids is 1. The van der Waals surface area contributed by atoms with E-state index in [1.54, 1.807) is 30.3 Å². The Morgan fingerprint density at radius 2 is 1.64 bits per heavy atom. The minimum absolute atomic E-state index is 0.0522. The van der Waals surface area contributed by atoms with E-state index < -0.39 is 35.3 Å². The molecule has 7 heteroatoms. The number of halogens is 1. The summed E-state index contributed by atoms with van der Waals surface area (Å²) in [5, 5.41) is 19.6. The van der Waals surface area contributed by atoms with E-state index in [4.69, 9.17) is 5.11 Å². The number of aliphatic hydroxyl groups is 1. The largest absolute Gasteiger partial charge is 0.507 e. The molecular formula is C21H18FNO5. The summed E-state index contributed by atoms with van der Waals surface area (Å²) in [7, 11) is 0. The molecule has 0 bridgehead atoms. The number of carbonyl (C=O) groups excluding carboxylic acids is 2. The molecule has 0 unspecified atom stereocenters. The topological polar surface area (TPSA) is 94.9 Å². The summed E-state index contributed by atoms with van der Waals surface area (Å²) in [4.78, 5) is 37.3. The number of likely N-dealkylation sites (tertiary alicyclic amines) is 1. The zero-order valence-corrected chi connectivity index (χ0v) is 14.8. The number of carboxylic acid groups (broad SMARTS) is 1. The average molecular weight is 383 g/mol. The van der Waals surface area contributed by atoms with Gasteiger partial charge in [-0.15, -0.1) is 0 Å². The van der Waals surface area contributed by atoms with E-state index in [1.807, 2.05) is 0 Å². The van der Waals surface area contributed by atoms with Crippen LogP contribution in [0.5, 0.6) is 0 Å². The summed E-state index contributed by atoms with van der Waals surface area (Å²) in [5.74, 6) is -3.55. The summed E-state index contributed by atoms with van der Waals surface area (Å²) in [6, 6.07) is 12.8. The molecule has 6 nitrogen and oxygen atoms in total. The zero-order chi connectivity index (χ0) is 20.3. The van der Waals surface area contributed by atoms with Crippen LogP contribution >= 0.6 is 0 Å². The predicted molar refractivity (Wildman–Crippen MR) is 98.7 cm³/mol. The molecule has 2 N–H and O–H groups in total. The van der Waals surface area contributed by atoms with Crippen LogP contribution in [0.1, 0.15) is 30.0 Å². The van der Waals surface area contributed by atoms with Crippen molar-refractivity contribution < 1.29 is 29.0 Å². The maximum Gasteiger partial charge on any atom is 0.303 e. The van der Waals surface area contributed by atoms with Crippen LogP contribution in [-0.4, -0.2) is 39.3 Å². The van der Waals surface area contributed by atoms with Crippen molar-refractivity contribution in [1.29, 1.82) is 0 Å². The minimum Gasteiger partial charge on any atom is -0.507 e. The Morgan fingerprint density at radius 3 is 2.25 bits per heavy atom. The van der Waals surface area contributed by atoms with E-state index in [0.717, 1.165) is 12.1 Å². The molecule has 0 spiro atoms. The van der Waals surface area contributed by atoms with Gasteiger partial charge in [-0.3, -0.25) is 14.4 Å². The number of benzene rings is 2. The second-order valence-corrected chi connectivity index (χ2v) is 6.41. The molecular weight excluding hydrogens is 365 g/mol. The van der Waals surface area contributed by atoms with E-state index in [0.29, 0.717) is 5.56 Å². The van der Waals surface area contributed by atoms with E-state index in [9.17, 15) is 23.9 Å². The van der Waals surface area contributed by atoms with Gasteiger partial charge in [0.1, 0.15) is 11.6 Å². The third kappa shape index (κ3) is 3.78. The number of amides is 1. The summed E-state index contributed by atoms with van der Waals surface area (Å²) in [6.45, 7) is 0.0522. The van der Waals surface area contributed by atoms with Crippen LogP contribution in [0.3, 0.4) is 0 Å². The monoisotopic (exact) mass is 383 g/mol. The highest BCUT2D eigenvalue weighted by Crippen LogP contribution is 2.39. The maximum atomic E-state index is 13.2. The first-order valence-electron chi connectivity index (χ1n) is 8.71. The molecule has 1 aliphatic rings. The van der Waals surface area contributed by atoms with Crippen molar-refractivity contribution in [2.75, 3.05) is 6.54 Å². The lowest BCUT2D eigenvalue weighted by atomic mass is 9.95. The van der Waals surface area contributed by atoms with Gasteiger partial charge in [0.2, 0.25) is 0 Å². The highest BCUT2D eigenvalue weighted by molar-refractivity contribution is 6.46. The zero-order valence-electron chi connectivity index (χ0n) is 14.8. The van der Waals surface area contributed by atoms with Crippen LogP contribution < -0.4 is 0 Å². The number of hydrogen-bond donors (Lipinski definition) is 2. The molecule has 1 aliphatic heterocycles. The van der Waals surface area contributed by atoms with Gasteiger partial charge >= 0.3 is 5.97 Å². The molecule has 3 rings (SSSR count). The van der Waals surface area contributed by atoms with E-state index >= 15 is 0 Å². The lowest BCUT2D eigenvalue weighted by Gasteiger charge is -2.25. The highest BCUT2D eigenvalue weighted by Gasteiger charge is 2.45. The highest BCUT2D eigenvalue weighted by atomic mass is 19.1. The van der Waals surface area contributed by atoms with Crippen molar-refractivity contribution in [2.24, 2.45) is 0 Å². The first-order chi connectivity index (χ1) is 13.4.